The number of fused-ring (bicyclic) bond motifs is 1. The molecule has 1 N–H and O–H groups in total. The van der Waals surface area contributed by atoms with Crippen LogP contribution in [-0.2, 0) is 12.8 Å². The van der Waals surface area contributed by atoms with Gasteiger partial charge in [-0.25, -0.2) is 9.07 Å². The molecular formula is C12H10ClFN2O. The van der Waals surface area contributed by atoms with E-state index in [1.54, 1.807) is 6.07 Å². The van der Waals surface area contributed by atoms with Gasteiger partial charge in [-0.2, -0.15) is 0 Å². The minimum atomic E-state index is -0.500. The molecule has 0 saturated carbocycles. The molecule has 0 fully saturated rings. The van der Waals surface area contributed by atoms with E-state index in [-0.39, 0.29) is 11.2 Å². The quantitative estimate of drug-likeness (QED) is 0.832. The molecule has 88 valence electrons. The van der Waals surface area contributed by atoms with Crippen molar-refractivity contribution in [2.24, 2.45) is 0 Å². The molecule has 0 spiro atoms. The van der Waals surface area contributed by atoms with Crippen LogP contribution in [0.2, 0.25) is 5.02 Å². The summed E-state index contributed by atoms with van der Waals surface area (Å²) in [5.74, 6) is -0.500. The fourth-order valence-electron chi connectivity index (χ4n) is 2.26. The zero-order valence-electron chi connectivity index (χ0n) is 8.96. The molecule has 5 heteroatoms. The maximum Gasteiger partial charge on any atom is 0.274 e. The number of hydrogen-bond donors (Lipinski definition) is 1. The Labute approximate surface area is 102 Å². The maximum absolute atomic E-state index is 13.7. The summed E-state index contributed by atoms with van der Waals surface area (Å²) >= 11 is 5.68. The van der Waals surface area contributed by atoms with Gasteiger partial charge in [-0.1, -0.05) is 11.6 Å². The van der Waals surface area contributed by atoms with Crippen molar-refractivity contribution >= 4 is 11.6 Å². The number of aryl methyl sites for hydroxylation is 1. The third-order valence-electron chi connectivity index (χ3n) is 3.08. The van der Waals surface area contributed by atoms with Gasteiger partial charge in [0.2, 0.25) is 0 Å². The molecule has 1 aliphatic rings. The molecule has 0 saturated heterocycles. The Morgan fingerprint density at radius 3 is 2.88 bits per heavy atom. The highest BCUT2D eigenvalue weighted by Gasteiger charge is 2.20. The van der Waals surface area contributed by atoms with Gasteiger partial charge in [0.05, 0.1) is 0 Å². The van der Waals surface area contributed by atoms with E-state index in [4.69, 9.17) is 11.6 Å². The van der Waals surface area contributed by atoms with Crippen molar-refractivity contribution < 1.29 is 4.39 Å². The molecule has 0 bridgehead atoms. The van der Waals surface area contributed by atoms with Gasteiger partial charge >= 0.3 is 0 Å². The van der Waals surface area contributed by atoms with Crippen LogP contribution in [0.3, 0.4) is 0 Å². The number of hydrogen-bond acceptors (Lipinski definition) is 1. The second-order valence-corrected chi connectivity index (χ2v) is 4.60. The fraction of sp³-hybridized carbons (Fsp3) is 0.250. The average Bonchev–Trinajstić information content (AvgIpc) is 2.83. The van der Waals surface area contributed by atoms with E-state index in [0.717, 1.165) is 30.5 Å². The lowest BCUT2D eigenvalue weighted by Gasteiger charge is -2.04. The van der Waals surface area contributed by atoms with Crippen molar-refractivity contribution in [1.29, 1.82) is 0 Å². The van der Waals surface area contributed by atoms with Gasteiger partial charge in [0.1, 0.15) is 11.5 Å². The lowest BCUT2D eigenvalue weighted by molar-refractivity contribution is 0.606. The van der Waals surface area contributed by atoms with E-state index >= 15 is 0 Å². The van der Waals surface area contributed by atoms with Gasteiger partial charge in [0.25, 0.3) is 5.56 Å². The van der Waals surface area contributed by atoms with E-state index < -0.39 is 5.82 Å². The summed E-state index contributed by atoms with van der Waals surface area (Å²) in [5.41, 5.74) is 1.76. The number of aromatic nitrogens is 2. The van der Waals surface area contributed by atoms with Crippen LogP contribution in [0, 0.1) is 5.82 Å². The second-order valence-electron chi connectivity index (χ2n) is 4.16. The van der Waals surface area contributed by atoms with Gasteiger partial charge in [0.15, 0.2) is 0 Å². The van der Waals surface area contributed by atoms with Crippen molar-refractivity contribution in [2.45, 2.75) is 19.3 Å². The molecule has 1 heterocycles. The molecule has 17 heavy (non-hydrogen) atoms. The lowest BCUT2D eigenvalue weighted by Crippen LogP contribution is -2.18. The molecule has 0 atom stereocenters. The Hall–Kier alpha value is -1.55. The normalized spacial score (nSPS) is 14.0. The lowest BCUT2D eigenvalue weighted by atomic mass is 10.3. The Balaban J connectivity index is 2.19. The monoisotopic (exact) mass is 252 g/mol. The van der Waals surface area contributed by atoms with Crippen LogP contribution in [0.5, 0.6) is 0 Å². The smallest absolute Gasteiger partial charge is 0.274 e. The van der Waals surface area contributed by atoms with Crippen LogP contribution in [0.4, 0.5) is 4.39 Å². The number of nitrogens with one attached hydrogen (secondary N) is 1. The first-order valence-corrected chi connectivity index (χ1v) is 5.83. The van der Waals surface area contributed by atoms with E-state index in [1.165, 1.54) is 16.8 Å². The fourth-order valence-corrected chi connectivity index (χ4v) is 2.41. The average molecular weight is 253 g/mol. The maximum atomic E-state index is 13.7. The molecule has 2 aromatic rings. The van der Waals surface area contributed by atoms with Crippen LogP contribution >= 0.6 is 11.6 Å². The first-order valence-electron chi connectivity index (χ1n) is 5.45. The van der Waals surface area contributed by atoms with Gasteiger partial charge < -0.3 is 0 Å². The molecule has 3 nitrogen and oxygen atoms in total. The topological polar surface area (TPSA) is 37.8 Å². The van der Waals surface area contributed by atoms with Crippen LogP contribution in [-0.4, -0.2) is 9.78 Å². The van der Waals surface area contributed by atoms with Crippen LogP contribution in [0.25, 0.3) is 5.69 Å². The summed E-state index contributed by atoms with van der Waals surface area (Å²) in [4.78, 5) is 12.0. The zero-order valence-corrected chi connectivity index (χ0v) is 9.72. The summed E-state index contributed by atoms with van der Waals surface area (Å²) in [6.07, 6.45) is 2.61. The Morgan fingerprint density at radius 1 is 1.35 bits per heavy atom. The summed E-state index contributed by atoms with van der Waals surface area (Å²) in [6, 6.07) is 4.28. The van der Waals surface area contributed by atoms with E-state index in [2.05, 4.69) is 5.10 Å². The predicted molar refractivity (Wildman–Crippen MR) is 63.4 cm³/mol. The van der Waals surface area contributed by atoms with Crippen molar-refractivity contribution in [3.05, 3.63) is 50.7 Å². The largest absolute Gasteiger partial charge is 0.295 e. The highest BCUT2D eigenvalue weighted by atomic mass is 35.5. The number of rotatable bonds is 1. The first kappa shape index (κ1) is 10.6. The molecular weight excluding hydrogens is 243 g/mol. The Kier molecular flexibility index (Phi) is 2.33. The molecule has 0 radical (unpaired) electrons. The highest BCUT2D eigenvalue weighted by Crippen LogP contribution is 2.20. The van der Waals surface area contributed by atoms with Crippen LogP contribution < -0.4 is 5.56 Å². The summed E-state index contributed by atoms with van der Waals surface area (Å²) < 4.78 is 15.0. The highest BCUT2D eigenvalue weighted by molar-refractivity contribution is 6.30. The van der Waals surface area contributed by atoms with Gasteiger partial charge in [-0.3, -0.25) is 9.89 Å². The molecule has 1 aliphatic carbocycles. The molecule has 1 aromatic heterocycles. The van der Waals surface area contributed by atoms with E-state index in [9.17, 15) is 9.18 Å². The minimum Gasteiger partial charge on any atom is -0.295 e. The predicted octanol–water partition coefficient (Wildman–Crippen LogP) is 2.45. The number of benzene rings is 1. The van der Waals surface area contributed by atoms with E-state index in [0.29, 0.717) is 5.02 Å². The second kappa shape index (κ2) is 3.74. The number of halogens is 2. The van der Waals surface area contributed by atoms with Gasteiger partial charge in [-0.15, -0.1) is 0 Å². The van der Waals surface area contributed by atoms with Gasteiger partial charge in [-0.05, 0) is 37.5 Å². The minimum absolute atomic E-state index is 0.154. The van der Waals surface area contributed by atoms with Crippen molar-refractivity contribution in [2.75, 3.05) is 0 Å². The van der Waals surface area contributed by atoms with Gasteiger partial charge in [0, 0.05) is 16.3 Å². The Bertz CT molecular complexity index is 644. The van der Waals surface area contributed by atoms with E-state index in [1.807, 2.05) is 0 Å². The van der Waals surface area contributed by atoms with Crippen molar-refractivity contribution in [1.82, 2.24) is 9.78 Å². The molecule has 3 rings (SSSR count). The summed E-state index contributed by atoms with van der Waals surface area (Å²) in [6.45, 7) is 0. The number of H-pyrrole nitrogens is 1. The zero-order chi connectivity index (χ0) is 12.0. The summed E-state index contributed by atoms with van der Waals surface area (Å²) in [5, 5.41) is 3.28. The summed E-state index contributed by atoms with van der Waals surface area (Å²) in [7, 11) is 0. The SMILES string of the molecule is O=c1c2c([nH]n1-c1ccc(Cl)cc1F)CCC2. The Morgan fingerprint density at radius 2 is 2.18 bits per heavy atom. The molecule has 0 aliphatic heterocycles. The number of aromatic amines is 1. The standard InChI is InChI=1S/C12H10ClFN2O/c13-7-4-5-11(9(14)6-7)16-12(17)8-2-1-3-10(8)15-16/h4-6,15H,1-3H2. The first-order chi connectivity index (χ1) is 8.16. The van der Waals surface area contributed by atoms with Crippen LogP contribution in [0.15, 0.2) is 23.0 Å². The molecule has 1 aromatic carbocycles. The van der Waals surface area contributed by atoms with Crippen LogP contribution in [0.1, 0.15) is 17.7 Å². The van der Waals surface area contributed by atoms with Crippen molar-refractivity contribution in [3.63, 3.8) is 0 Å². The molecule has 0 unspecified atom stereocenters. The third-order valence-corrected chi connectivity index (χ3v) is 3.31. The molecule has 0 amide bonds. The van der Waals surface area contributed by atoms with Crippen molar-refractivity contribution in [3.8, 4) is 5.69 Å². The number of nitrogens with zero attached hydrogens (tertiary/aromatic N) is 1. The third kappa shape index (κ3) is 1.60.